The van der Waals surface area contributed by atoms with Gasteiger partial charge in [0.1, 0.15) is 0 Å². The van der Waals surface area contributed by atoms with Gasteiger partial charge in [-0.05, 0) is 47.5 Å². The molecule has 2 bridgehead atoms. The smallest absolute Gasteiger partial charge is 0.261 e. The Morgan fingerprint density at radius 1 is 1.44 bits per heavy atom. The highest BCUT2D eigenvalue weighted by atomic mass is 32.1. The number of carbonyl (C=O) groups is 1. The molecule has 1 aromatic heterocycles. The fourth-order valence-corrected chi connectivity index (χ4v) is 4.90. The SMILES string of the molecule is CC1(C)[C@@H]2CC[C@@](C)(C2)[C@@H]1NC(=O)c1cccs1. The predicted octanol–water partition coefficient (Wildman–Crippen LogP) is 3.69. The zero-order valence-corrected chi connectivity index (χ0v) is 12.1. The van der Waals surface area contributed by atoms with Gasteiger partial charge in [-0.1, -0.05) is 26.8 Å². The first-order chi connectivity index (χ1) is 8.43. The molecule has 98 valence electrons. The fraction of sp³-hybridized carbons (Fsp3) is 0.667. The molecule has 3 atom stereocenters. The Balaban J connectivity index is 1.82. The number of hydrogen-bond acceptors (Lipinski definition) is 2. The summed E-state index contributed by atoms with van der Waals surface area (Å²) < 4.78 is 0. The summed E-state index contributed by atoms with van der Waals surface area (Å²) >= 11 is 1.52. The maximum atomic E-state index is 12.3. The molecule has 2 saturated carbocycles. The quantitative estimate of drug-likeness (QED) is 0.866. The van der Waals surface area contributed by atoms with Crippen molar-refractivity contribution >= 4 is 17.2 Å². The topological polar surface area (TPSA) is 29.1 Å². The Labute approximate surface area is 113 Å². The molecule has 0 spiro atoms. The molecule has 18 heavy (non-hydrogen) atoms. The number of thiophene rings is 1. The van der Waals surface area contributed by atoms with Gasteiger partial charge in [0.15, 0.2) is 0 Å². The molecule has 0 radical (unpaired) electrons. The van der Waals surface area contributed by atoms with E-state index in [2.05, 4.69) is 26.1 Å². The highest BCUT2D eigenvalue weighted by molar-refractivity contribution is 7.12. The lowest BCUT2D eigenvalue weighted by Crippen LogP contribution is -2.52. The molecule has 1 amide bonds. The van der Waals surface area contributed by atoms with Crippen LogP contribution in [-0.4, -0.2) is 11.9 Å². The van der Waals surface area contributed by atoms with Gasteiger partial charge in [0.2, 0.25) is 0 Å². The van der Waals surface area contributed by atoms with Crippen molar-refractivity contribution in [2.45, 2.75) is 46.1 Å². The molecule has 0 aliphatic heterocycles. The van der Waals surface area contributed by atoms with Crippen molar-refractivity contribution in [2.75, 3.05) is 0 Å². The first-order valence-corrected chi connectivity index (χ1v) is 7.66. The average Bonchev–Trinajstić information content (AvgIpc) is 2.96. The lowest BCUT2D eigenvalue weighted by molar-refractivity contribution is 0.0741. The van der Waals surface area contributed by atoms with E-state index in [9.17, 15) is 4.79 Å². The van der Waals surface area contributed by atoms with E-state index < -0.39 is 0 Å². The third kappa shape index (κ3) is 1.63. The highest BCUT2D eigenvalue weighted by Gasteiger charge is 2.59. The van der Waals surface area contributed by atoms with Crippen molar-refractivity contribution in [1.82, 2.24) is 5.32 Å². The summed E-state index contributed by atoms with van der Waals surface area (Å²) in [5, 5.41) is 5.28. The fourth-order valence-electron chi connectivity index (χ4n) is 4.27. The predicted molar refractivity (Wildman–Crippen MR) is 74.8 cm³/mol. The Hall–Kier alpha value is -0.830. The lowest BCUT2D eigenvalue weighted by Gasteiger charge is -2.43. The van der Waals surface area contributed by atoms with E-state index in [4.69, 9.17) is 0 Å². The molecule has 0 unspecified atom stereocenters. The van der Waals surface area contributed by atoms with Crippen LogP contribution in [0.4, 0.5) is 0 Å². The van der Waals surface area contributed by atoms with Gasteiger partial charge in [0.05, 0.1) is 4.88 Å². The second-order valence-electron chi connectivity index (χ2n) is 6.80. The van der Waals surface area contributed by atoms with Crippen LogP contribution in [0.5, 0.6) is 0 Å². The van der Waals surface area contributed by atoms with Gasteiger partial charge in [-0.2, -0.15) is 0 Å². The van der Waals surface area contributed by atoms with Crippen molar-refractivity contribution < 1.29 is 4.79 Å². The van der Waals surface area contributed by atoms with E-state index in [1.54, 1.807) is 0 Å². The minimum atomic E-state index is 0.108. The zero-order chi connectivity index (χ0) is 13.0. The van der Waals surface area contributed by atoms with Crippen molar-refractivity contribution in [1.29, 1.82) is 0 Å². The van der Waals surface area contributed by atoms with Crippen LogP contribution in [-0.2, 0) is 0 Å². The second kappa shape index (κ2) is 3.83. The summed E-state index contributed by atoms with van der Waals surface area (Å²) in [7, 11) is 0. The monoisotopic (exact) mass is 263 g/mol. The number of rotatable bonds is 2. The third-order valence-corrected chi connectivity index (χ3v) is 6.16. The molecule has 2 fully saturated rings. The van der Waals surface area contributed by atoms with E-state index in [-0.39, 0.29) is 11.3 Å². The normalized spacial score (nSPS) is 36.8. The standard InChI is InChI=1S/C15H21NOS/c1-14(2)10-6-7-15(3,9-10)13(14)16-12(17)11-5-4-8-18-11/h4-5,8,10,13H,6-7,9H2,1-3H3,(H,16,17)/t10-,13-,15+/m1/s1. The van der Waals surface area contributed by atoms with Crippen LogP contribution in [0.3, 0.4) is 0 Å². The number of carbonyl (C=O) groups excluding carboxylic acids is 1. The molecule has 1 N–H and O–H groups in total. The lowest BCUT2D eigenvalue weighted by atomic mass is 9.68. The molecule has 2 nitrogen and oxygen atoms in total. The maximum Gasteiger partial charge on any atom is 0.261 e. The summed E-state index contributed by atoms with van der Waals surface area (Å²) in [4.78, 5) is 13.1. The van der Waals surface area contributed by atoms with Crippen LogP contribution >= 0.6 is 11.3 Å². The summed E-state index contributed by atoms with van der Waals surface area (Å²) in [6.07, 6.45) is 3.86. The molecule has 3 rings (SSSR count). The summed E-state index contributed by atoms with van der Waals surface area (Å²) in [5.74, 6) is 0.882. The maximum absolute atomic E-state index is 12.3. The van der Waals surface area contributed by atoms with Gasteiger partial charge in [0, 0.05) is 6.04 Å². The second-order valence-corrected chi connectivity index (χ2v) is 7.75. The minimum absolute atomic E-state index is 0.108. The molecule has 2 aliphatic carbocycles. The van der Waals surface area contributed by atoms with E-state index in [0.717, 1.165) is 10.8 Å². The van der Waals surface area contributed by atoms with Crippen molar-refractivity contribution in [3.63, 3.8) is 0 Å². The van der Waals surface area contributed by atoms with Crippen molar-refractivity contribution in [3.8, 4) is 0 Å². The van der Waals surface area contributed by atoms with Gasteiger partial charge in [-0.15, -0.1) is 11.3 Å². The van der Waals surface area contributed by atoms with Gasteiger partial charge in [-0.3, -0.25) is 4.79 Å². The minimum Gasteiger partial charge on any atom is -0.348 e. The number of nitrogens with one attached hydrogen (secondary N) is 1. The van der Waals surface area contributed by atoms with Crippen LogP contribution < -0.4 is 5.32 Å². The Kier molecular flexibility index (Phi) is 2.60. The molecule has 0 aromatic carbocycles. The van der Waals surface area contributed by atoms with E-state index >= 15 is 0 Å². The number of hydrogen-bond donors (Lipinski definition) is 1. The molecule has 1 heterocycles. The highest BCUT2D eigenvalue weighted by Crippen LogP contribution is 2.62. The van der Waals surface area contributed by atoms with Crippen LogP contribution in [0.15, 0.2) is 17.5 Å². The van der Waals surface area contributed by atoms with Crippen LogP contribution in [0.2, 0.25) is 0 Å². The molecular weight excluding hydrogens is 242 g/mol. The van der Waals surface area contributed by atoms with E-state index in [1.165, 1.54) is 30.6 Å². The van der Waals surface area contributed by atoms with Gasteiger partial charge in [0.25, 0.3) is 5.91 Å². The molecule has 1 aromatic rings. The Bertz CT molecular complexity index is 460. The van der Waals surface area contributed by atoms with Crippen LogP contribution in [0.25, 0.3) is 0 Å². The Morgan fingerprint density at radius 2 is 2.22 bits per heavy atom. The van der Waals surface area contributed by atoms with Gasteiger partial charge < -0.3 is 5.32 Å². The average molecular weight is 263 g/mol. The van der Waals surface area contributed by atoms with Gasteiger partial charge >= 0.3 is 0 Å². The first-order valence-electron chi connectivity index (χ1n) is 6.78. The van der Waals surface area contributed by atoms with Crippen molar-refractivity contribution in [3.05, 3.63) is 22.4 Å². The Morgan fingerprint density at radius 3 is 2.78 bits per heavy atom. The summed E-state index contributed by atoms with van der Waals surface area (Å²) in [5.41, 5.74) is 0.543. The van der Waals surface area contributed by atoms with Crippen LogP contribution in [0, 0.1) is 16.7 Å². The molecule has 2 aliphatic rings. The molecular formula is C15H21NOS. The summed E-state index contributed by atoms with van der Waals surface area (Å²) in [6, 6.07) is 4.16. The number of amides is 1. The van der Waals surface area contributed by atoms with E-state index in [0.29, 0.717) is 11.5 Å². The largest absolute Gasteiger partial charge is 0.348 e. The summed E-state index contributed by atoms with van der Waals surface area (Å²) in [6.45, 7) is 6.99. The molecule has 0 saturated heterocycles. The molecule has 3 heteroatoms. The van der Waals surface area contributed by atoms with Crippen molar-refractivity contribution in [2.24, 2.45) is 16.7 Å². The van der Waals surface area contributed by atoms with Gasteiger partial charge in [-0.25, -0.2) is 0 Å². The van der Waals surface area contributed by atoms with E-state index in [1.807, 2.05) is 17.5 Å². The van der Waals surface area contributed by atoms with Crippen LogP contribution in [0.1, 0.15) is 49.7 Å². The first kappa shape index (κ1) is 12.2. The number of fused-ring (bicyclic) bond motifs is 2. The zero-order valence-electron chi connectivity index (χ0n) is 11.3. The third-order valence-electron chi connectivity index (χ3n) is 5.29.